The van der Waals surface area contributed by atoms with Crippen molar-refractivity contribution in [2.75, 3.05) is 25.5 Å². The standard InChI is InChI=1S/C21H23N7O4/c1-32-21-26-17(13-7-22-8-13)25-20(27-21)23-9-11-3-2-4-12-10-28(19(31)16(11)12)14-5-6-15(29)24-18(14)30/h2-4,13-14,22H,5-10H2,1H3,(H,24,29,30)(H,23,25,26,27). The van der Waals surface area contributed by atoms with Crippen LogP contribution < -0.4 is 20.7 Å². The molecule has 0 spiro atoms. The minimum atomic E-state index is -0.639. The first kappa shape index (κ1) is 20.3. The monoisotopic (exact) mass is 437 g/mol. The van der Waals surface area contributed by atoms with Crippen molar-refractivity contribution < 1.29 is 19.1 Å². The van der Waals surface area contributed by atoms with E-state index in [0.29, 0.717) is 36.8 Å². The largest absolute Gasteiger partial charge is 0.467 e. The number of carbonyl (C=O) groups excluding carboxylic acids is 3. The summed E-state index contributed by atoms with van der Waals surface area (Å²) >= 11 is 0. The van der Waals surface area contributed by atoms with Gasteiger partial charge in [-0.05, 0) is 17.5 Å². The Morgan fingerprint density at radius 3 is 2.75 bits per heavy atom. The second-order valence-corrected chi connectivity index (χ2v) is 8.06. The molecule has 0 aliphatic carbocycles. The summed E-state index contributed by atoms with van der Waals surface area (Å²) in [6.07, 6.45) is 0.562. The first-order valence-electron chi connectivity index (χ1n) is 10.5. The molecule has 0 saturated carbocycles. The van der Waals surface area contributed by atoms with Crippen molar-refractivity contribution in [1.29, 1.82) is 0 Å². The summed E-state index contributed by atoms with van der Waals surface area (Å²) in [6.45, 7) is 2.28. The highest BCUT2D eigenvalue weighted by molar-refractivity contribution is 6.06. The lowest BCUT2D eigenvalue weighted by atomic mass is 10.0. The summed E-state index contributed by atoms with van der Waals surface area (Å²) in [5, 5.41) is 8.70. The van der Waals surface area contributed by atoms with Crippen LogP contribution in [0.5, 0.6) is 6.01 Å². The number of rotatable bonds is 6. The lowest BCUT2D eigenvalue weighted by molar-refractivity contribution is -0.136. The average molecular weight is 437 g/mol. The van der Waals surface area contributed by atoms with Crippen molar-refractivity contribution in [3.63, 3.8) is 0 Å². The van der Waals surface area contributed by atoms with E-state index in [1.807, 2.05) is 18.2 Å². The van der Waals surface area contributed by atoms with Crippen molar-refractivity contribution in [3.8, 4) is 6.01 Å². The molecule has 3 aliphatic heterocycles. The topological polar surface area (TPSA) is 138 Å². The number of aromatic nitrogens is 3. The van der Waals surface area contributed by atoms with Gasteiger partial charge in [-0.15, -0.1) is 0 Å². The van der Waals surface area contributed by atoms with Crippen LogP contribution in [0.1, 0.15) is 46.1 Å². The van der Waals surface area contributed by atoms with E-state index in [4.69, 9.17) is 4.74 Å². The van der Waals surface area contributed by atoms with Crippen molar-refractivity contribution in [2.45, 2.75) is 37.9 Å². The third-order valence-electron chi connectivity index (χ3n) is 6.04. The van der Waals surface area contributed by atoms with Gasteiger partial charge in [0.05, 0.1) is 7.11 Å². The quantitative estimate of drug-likeness (QED) is 0.531. The molecule has 3 amide bonds. The van der Waals surface area contributed by atoms with E-state index in [2.05, 4.69) is 30.9 Å². The molecule has 4 heterocycles. The van der Waals surface area contributed by atoms with Gasteiger partial charge in [0, 0.05) is 44.1 Å². The Bertz CT molecular complexity index is 1100. The van der Waals surface area contributed by atoms with Crippen LogP contribution in [0.25, 0.3) is 0 Å². The maximum atomic E-state index is 13.2. The molecule has 5 rings (SSSR count). The van der Waals surface area contributed by atoms with E-state index in [-0.39, 0.29) is 30.2 Å². The molecule has 0 radical (unpaired) electrons. The molecule has 1 unspecified atom stereocenters. The van der Waals surface area contributed by atoms with Gasteiger partial charge in [-0.3, -0.25) is 19.7 Å². The molecule has 1 aromatic heterocycles. The smallest absolute Gasteiger partial charge is 0.321 e. The van der Waals surface area contributed by atoms with Gasteiger partial charge >= 0.3 is 6.01 Å². The van der Waals surface area contributed by atoms with E-state index in [9.17, 15) is 14.4 Å². The lowest BCUT2D eigenvalue weighted by Crippen LogP contribution is -2.52. The Hall–Kier alpha value is -3.60. The lowest BCUT2D eigenvalue weighted by Gasteiger charge is -2.29. The molecule has 11 nitrogen and oxygen atoms in total. The molecule has 11 heteroatoms. The summed E-state index contributed by atoms with van der Waals surface area (Å²) < 4.78 is 5.21. The zero-order valence-corrected chi connectivity index (χ0v) is 17.6. The highest BCUT2D eigenvalue weighted by atomic mass is 16.5. The van der Waals surface area contributed by atoms with Crippen molar-refractivity contribution in [1.82, 2.24) is 30.5 Å². The molecule has 2 saturated heterocycles. The highest BCUT2D eigenvalue weighted by Crippen LogP contribution is 2.30. The number of piperidine rings is 1. The Kier molecular flexibility index (Phi) is 5.17. The fourth-order valence-corrected chi connectivity index (χ4v) is 4.21. The fourth-order valence-electron chi connectivity index (χ4n) is 4.21. The number of hydrogen-bond donors (Lipinski definition) is 3. The predicted octanol–water partition coefficient (Wildman–Crippen LogP) is -0.0599. The fraction of sp³-hybridized carbons (Fsp3) is 0.429. The zero-order chi connectivity index (χ0) is 22.2. The van der Waals surface area contributed by atoms with Crippen LogP contribution >= 0.6 is 0 Å². The number of imide groups is 1. The van der Waals surface area contributed by atoms with Crippen LogP contribution in [-0.4, -0.2) is 63.8 Å². The third-order valence-corrected chi connectivity index (χ3v) is 6.04. The van der Waals surface area contributed by atoms with Crippen LogP contribution in [0.15, 0.2) is 18.2 Å². The van der Waals surface area contributed by atoms with Crippen LogP contribution in [-0.2, 0) is 22.7 Å². The van der Waals surface area contributed by atoms with E-state index in [0.717, 1.165) is 24.2 Å². The molecule has 0 bridgehead atoms. The molecular formula is C21H23N7O4. The van der Waals surface area contributed by atoms with Gasteiger partial charge in [0.15, 0.2) is 0 Å². The number of ether oxygens (including phenoxy) is 1. The summed E-state index contributed by atoms with van der Waals surface area (Å²) in [5.41, 5.74) is 2.22. The number of fused-ring (bicyclic) bond motifs is 1. The number of methoxy groups -OCH3 is 1. The number of benzene rings is 1. The Balaban J connectivity index is 1.35. The van der Waals surface area contributed by atoms with E-state index < -0.39 is 11.9 Å². The van der Waals surface area contributed by atoms with Crippen LogP contribution in [0, 0.1) is 0 Å². The molecule has 1 atom stereocenters. The second kappa shape index (κ2) is 8.15. The number of carbonyl (C=O) groups is 3. The highest BCUT2D eigenvalue weighted by Gasteiger charge is 2.39. The number of anilines is 1. The van der Waals surface area contributed by atoms with Crippen LogP contribution in [0.2, 0.25) is 0 Å². The molecule has 2 fully saturated rings. The first-order chi connectivity index (χ1) is 15.5. The third kappa shape index (κ3) is 3.64. The number of amides is 3. The number of nitrogens with one attached hydrogen (secondary N) is 3. The Labute approximate surface area is 184 Å². The van der Waals surface area contributed by atoms with Gasteiger partial charge < -0.3 is 20.3 Å². The zero-order valence-electron chi connectivity index (χ0n) is 17.6. The maximum Gasteiger partial charge on any atom is 0.321 e. The van der Waals surface area contributed by atoms with Crippen molar-refractivity contribution in [2.24, 2.45) is 0 Å². The number of hydrogen-bond acceptors (Lipinski definition) is 9. The van der Waals surface area contributed by atoms with Gasteiger partial charge in [0.1, 0.15) is 11.9 Å². The molecule has 2 aromatic rings. The summed E-state index contributed by atoms with van der Waals surface area (Å²) in [4.78, 5) is 51.6. The number of nitrogens with zero attached hydrogens (tertiary/aromatic N) is 4. The molecular weight excluding hydrogens is 414 g/mol. The maximum absolute atomic E-state index is 13.2. The van der Waals surface area contributed by atoms with E-state index >= 15 is 0 Å². The molecule has 166 valence electrons. The Morgan fingerprint density at radius 1 is 1.19 bits per heavy atom. The second-order valence-electron chi connectivity index (χ2n) is 8.06. The van der Waals surface area contributed by atoms with Crippen molar-refractivity contribution in [3.05, 3.63) is 40.7 Å². The molecule has 3 aliphatic rings. The van der Waals surface area contributed by atoms with E-state index in [1.54, 1.807) is 4.90 Å². The van der Waals surface area contributed by atoms with Gasteiger partial charge in [-0.2, -0.15) is 15.0 Å². The summed E-state index contributed by atoms with van der Waals surface area (Å²) in [7, 11) is 1.51. The van der Waals surface area contributed by atoms with Crippen LogP contribution in [0.3, 0.4) is 0 Å². The predicted molar refractivity (Wildman–Crippen MR) is 112 cm³/mol. The molecule has 32 heavy (non-hydrogen) atoms. The summed E-state index contributed by atoms with van der Waals surface area (Å²) in [6, 6.07) is 5.24. The SMILES string of the molecule is COc1nc(NCc2cccc3c2C(=O)N(C2CCC(=O)NC2=O)C3)nc(C2CNC2)n1. The minimum absolute atomic E-state index is 0.207. The molecule has 1 aromatic carbocycles. The molecule has 3 N–H and O–H groups in total. The Morgan fingerprint density at radius 2 is 2.03 bits per heavy atom. The van der Waals surface area contributed by atoms with Gasteiger partial charge in [-0.1, -0.05) is 18.2 Å². The van der Waals surface area contributed by atoms with Gasteiger partial charge in [0.25, 0.3) is 5.91 Å². The normalized spacial score (nSPS) is 20.6. The van der Waals surface area contributed by atoms with Crippen molar-refractivity contribution >= 4 is 23.7 Å². The van der Waals surface area contributed by atoms with Crippen LogP contribution in [0.4, 0.5) is 5.95 Å². The average Bonchev–Trinajstić information content (AvgIpc) is 3.08. The van der Waals surface area contributed by atoms with Gasteiger partial charge in [0.2, 0.25) is 17.8 Å². The van der Waals surface area contributed by atoms with E-state index in [1.165, 1.54) is 7.11 Å². The van der Waals surface area contributed by atoms with Gasteiger partial charge in [-0.25, -0.2) is 0 Å². The minimum Gasteiger partial charge on any atom is -0.467 e. The summed E-state index contributed by atoms with van der Waals surface area (Å²) in [5.74, 6) is 0.335. The first-order valence-corrected chi connectivity index (χ1v) is 10.5.